The Morgan fingerprint density at radius 1 is 1.19 bits per heavy atom. The molecular formula is C21H28N2O4. The highest BCUT2D eigenvalue weighted by Crippen LogP contribution is 2.47. The minimum Gasteiger partial charge on any atom is -0.454 e. The van der Waals surface area contributed by atoms with Gasteiger partial charge in [0, 0.05) is 18.5 Å². The zero-order valence-electron chi connectivity index (χ0n) is 16.1. The zero-order chi connectivity index (χ0) is 18.5. The first-order valence-electron chi connectivity index (χ1n) is 10.2. The molecule has 6 rings (SSSR count). The van der Waals surface area contributed by atoms with Gasteiger partial charge in [-0.15, -0.1) is 0 Å². The van der Waals surface area contributed by atoms with E-state index < -0.39 is 0 Å². The molecule has 0 saturated carbocycles. The van der Waals surface area contributed by atoms with Gasteiger partial charge in [0.15, 0.2) is 11.5 Å². The normalized spacial score (nSPS) is 33.6. The predicted molar refractivity (Wildman–Crippen MR) is 100.0 cm³/mol. The SMILES string of the molecule is CC(C)OCC(=O)N1C[C@@H](c2ccc3c(c2)OCO3)[C@@H]2[C@H]1C1CCN2CC1. The highest BCUT2D eigenvalue weighted by Gasteiger charge is 2.54. The van der Waals surface area contributed by atoms with E-state index in [1.807, 2.05) is 19.9 Å². The van der Waals surface area contributed by atoms with E-state index in [1.165, 1.54) is 18.4 Å². The second-order valence-corrected chi connectivity index (χ2v) is 8.48. The van der Waals surface area contributed by atoms with Crippen molar-refractivity contribution >= 4 is 5.91 Å². The average Bonchev–Trinajstić information content (AvgIpc) is 3.32. The summed E-state index contributed by atoms with van der Waals surface area (Å²) in [5.74, 6) is 2.71. The molecular weight excluding hydrogens is 344 g/mol. The molecule has 0 radical (unpaired) electrons. The van der Waals surface area contributed by atoms with E-state index in [1.54, 1.807) is 0 Å². The monoisotopic (exact) mass is 372 g/mol. The molecule has 1 aromatic rings. The number of rotatable bonds is 4. The van der Waals surface area contributed by atoms with Gasteiger partial charge in [-0.25, -0.2) is 0 Å². The van der Waals surface area contributed by atoms with Crippen molar-refractivity contribution in [2.75, 3.05) is 33.0 Å². The maximum Gasteiger partial charge on any atom is 0.248 e. The van der Waals surface area contributed by atoms with Crippen molar-refractivity contribution in [2.45, 2.75) is 50.8 Å². The summed E-state index contributed by atoms with van der Waals surface area (Å²) in [5.41, 5.74) is 1.25. The summed E-state index contributed by atoms with van der Waals surface area (Å²) in [5, 5.41) is 0. The maximum absolute atomic E-state index is 13.0. The van der Waals surface area contributed by atoms with Crippen LogP contribution in [0.4, 0.5) is 0 Å². The number of hydrogen-bond acceptors (Lipinski definition) is 5. The Morgan fingerprint density at radius 3 is 2.74 bits per heavy atom. The molecule has 0 aliphatic carbocycles. The molecule has 0 spiro atoms. The van der Waals surface area contributed by atoms with Crippen LogP contribution in [0.2, 0.25) is 0 Å². The number of benzene rings is 1. The van der Waals surface area contributed by atoms with E-state index in [4.69, 9.17) is 14.2 Å². The Bertz CT molecular complexity index is 729. The van der Waals surface area contributed by atoms with Gasteiger partial charge in [-0.1, -0.05) is 6.07 Å². The van der Waals surface area contributed by atoms with Crippen LogP contribution in [0.3, 0.4) is 0 Å². The van der Waals surface area contributed by atoms with E-state index in [0.717, 1.165) is 31.1 Å². The molecule has 0 aromatic heterocycles. The third kappa shape index (κ3) is 2.90. The van der Waals surface area contributed by atoms with Crippen molar-refractivity contribution in [1.29, 1.82) is 0 Å². The molecule has 4 saturated heterocycles. The molecule has 2 bridgehead atoms. The molecule has 6 nitrogen and oxygen atoms in total. The van der Waals surface area contributed by atoms with E-state index in [-0.39, 0.29) is 18.6 Å². The van der Waals surface area contributed by atoms with E-state index in [9.17, 15) is 4.79 Å². The minimum absolute atomic E-state index is 0.0727. The Hall–Kier alpha value is -1.79. The van der Waals surface area contributed by atoms with Gasteiger partial charge in [0.2, 0.25) is 12.7 Å². The molecule has 1 aromatic carbocycles. The molecule has 6 heteroatoms. The molecule has 1 amide bonds. The fourth-order valence-corrected chi connectivity index (χ4v) is 5.46. The van der Waals surface area contributed by atoms with Crippen LogP contribution in [0, 0.1) is 5.92 Å². The molecule has 5 aliphatic heterocycles. The van der Waals surface area contributed by atoms with Crippen LogP contribution in [-0.4, -0.2) is 66.9 Å². The lowest BCUT2D eigenvalue weighted by molar-refractivity contribution is -0.142. The lowest BCUT2D eigenvalue weighted by atomic mass is 9.75. The van der Waals surface area contributed by atoms with Crippen molar-refractivity contribution in [1.82, 2.24) is 9.80 Å². The third-order valence-electron chi connectivity index (χ3n) is 6.68. The van der Waals surface area contributed by atoms with Crippen molar-refractivity contribution < 1.29 is 19.0 Å². The summed E-state index contributed by atoms with van der Waals surface area (Å²) in [6, 6.07) is 6.99. The van der Waals surface area contributed by atoms with Gasteiger partial charge in [0.05, 0.1) is 12.1 Å². The third-order valence-corrected chi connectivity index (χ3v) is 6.68. The number of nitrogens with zero attached hydrogens (tertiary/aromatic N) is 2. The number of likely N-dealkylation sites (tertiary alicyclic amines) is 1. The van der Waals surface area contributed by atoms with Crippen LogP contribution in [0.5, 0.6) is 11.5 Å². The van der Waals surface area contributed by atoms with Crippen molar-refractivity contribution in [3.05, 3.63) is 23.8 Å². The lowest BCUT2D eigenvalue weighted by Gasteiger charge is -2.51. The quantitative estimate of drug-likeness (QED) is 0.811. The van der Waals surface area contributed by atoms with Crippen LogP contribution in [0.15, 0.2) is 18.2 Å². The number of fused-ring (bicyclic) bond motifs is 3. The summed E-state index contributed by atoms with van der Waals surface area (Å²) in [7, 11) is 0. The molecule has 146 valence electrons. The standard InChI is InChI=1S/C21H28N2O4/c1-13(2)25-11-19(24)23-10-16(15-3-4-17-18(9-15)27-12-26-17)21-20(23)14-5-7-22(21)8-6-14/h3-4,9,13-14,16,20-21H,5-8,10-12H2,1-2H3/t16-,20+,21+/m0/s1. The fraction of sp³-hybridized carbons (Fsp3) is 0.667. The average molecular weight is 372 g/mol. The highest BCUT2D eigenvalue weighted by molar-refractivity contribution is 5.78. The van der Waals surface area contributed by atoms with Gasteiger partial charge < -0.3 is 19.1 Å². The Kier molecular flexibility index (Phi) is 4.28. The van der Waals surface area contributed by atoms with Crippen molar-refractivity contribution in [3.63, 3.8) is 0 Å². The molecule has 0 N–H and O–H groups in total. The predicted octanol–water partition coefficient (Wildman–Crippen LogP) is 2.23. The summed E-state index contributed by atoms with van der Waals surface area (Å²) < 4.78 is 16.7. The zero-order valence-corrected chi connectivity index (χ0v) is 16.1. The molecule has 3 atom stereocenters. The smallest absolute Gasteiger partial charge is 0.248 e. The summed E-state index contributed by atoms with van der Waals surface area (Å²) in [6.07, 6.45) is 2.47. The number of ether oxygens (including phenoxy) is 3. The van der Waals surface area contributed by atoms with Crippen molar-refractivity contribution in [2.24, 2.45) is 5.92 Å². The molecule has 0 unspecified atom stereocenters. The molecule has 27 heavy (non-hydrogen) atoms. The van der Waals surface area contributed by atoms with Gasteiger partial charge in [-0.2, -0.15) is 0 Å². The first kappa shape index (κ1) is 17.3. The van der Waals surface area contributed by atoms with Gasteiger partial charge in [0.1, 0.15) is 6.61 Å². The number of hydrogen-bond donors (Lipinski definition) is 0. The van der Waals surface area contributed by atoms with Crippen LogP contribution in [0.25, 0.3) is 0 Å². The van der Waals surface area contributed by atoms with Crippen LogP contribution >= 0.6 is 0 Å². The minimum atomic E-state index is 0.0727. The Balaban J connectivity index is 1.44. The van der Waals surface area contributed by atoms with Gasteiger partial charge >= 0.3 is 0 Å². The second-order valence-electron chi connectivity index (χ2n) is 8.48. The number of carbonyl (C=O) groups is 1. The topological polar surface area (TPSA) is 51.2 Å². The van der Waals surface area contributed by atoms with E-state index in [2.05, 4.69) is 21.9 Å². The Morgan fingerprint density at radius 2 is 1.96 bits per heavy atom. The van der Waals surface area contributed by atoms with Crippen LogP contribution in [0.1, 0.15) is 38.2 Å². The lowest BCUT2D eigenvalue weighted by Crippen LogP contribution is -2.61. The highest BCUT2D eigenvalue weighted by atomic mass is 16.7. The van der Waals surface area contributed by atoms with Crippen LogP contribution < -0.4 is 9.47 Å². The number of piperidine rings is 3. The van der Waals surface area contributed by atoms with Gasteiger partial charge in [-0.05, 0) is 63.4 Å². The summed E-state index contributed by atoms with van der Waals surface area (Å²) >= 11 is 0. The first-order chi connectivity index (χ1) is 13.1. The van der Waals surface area contributed by atoms with Gasteiger partial charge in [0.25, 0.3) is 0 Å². The molecule has 5 heterocycles. The number of carbonyl (C=O) groups excluding carboxylic acids is 1. The van der Waals surface area contributed by atoms with E-state index in [0.29, 0.717) is 30.7 Å². The summed E-state index contributed by atoms with van der Waals surface area (Å²) in [6.45, 7) is 7.49. The first-order valence-corrected chi connectivity index (χ1v) is 10.2. The largest absolute Gasteiger partial charge is 0.454 e. The van der Waals surface area contributed by atoms with Crippen molar-refractivity contribution in [3.8, 4) is 11.5 Å². The number of amides is 1. The van der Waals surface area contributed by atoms with E-state index >= 15 is 0 Å². The second kappa shape index (κ2) is 6.67. The molecule has 5 aliphatic rings. The maximum atomic E-state index is 13.0. The van der Waals surface area contributed by atoms with Crippen LogP contribution in [-0.2, 0) is 9.53 Å². The van der Waals surface area contributed by atoms with Gasteiger partial charge in [-0.3, -0.25) is 9.69 Å². The molecule has 4 fully saturated rings. The summed E-state index contributed by atoms with van der Waals surface area (Å²) in [4.78, 5) is 17.7. The Labute approximate surface area is 160 Å². The fourth-order valence-electron chi connectivity index (χ4n) is 5.46.